The van der Waals surface area contributed by atoms with Crippen LogP contribution in [0, 0.1) is 5.92 Å². The third-order valence-corrected chi connectivity index (χ3v) is 4.30. The maximum Gasteiger partial charge on any atom is 0.223 e. The van der Waals surface area contributed by atoms with Crippen molar-refractivity contribution in [3.05, 3.63) is 34.6 Å². The molecule has 0 saturated carbocycles. The number of rotatable bonds is 4. The van der Waals surface area contributed by atoms with Gasteiger partial charge in [-0.1, -0.05) is 28.1 Å². The van der Waals surface area contributed by atoms with Crippen molar-refractivity contribution < 1.29 is 4.79 Å². The summed E-state index contributed by atoms with van der Waals surface area (Å²) in [5.74, 6) is 1.51. The fourth-order valence-electron chi connectivity index (χ4n) is 2.50. The number of hydrogen-bond donors (Lipinski definition) is 3. The third-order valence-electron chi connectivity index (χ3n) is 3.77. The minimum atomic E-state index is 0.100. The van der Waals surface area contributed by atoms with E-state index < -0.39 is 0 Å². The highest BCUT2D eigenvalue weighted by Gasteiger charge is 2.20. The van der Waals surface area contributed by atoms with Crippen LogP contribution >= 0.6 is 15.9 Å². The number of halogens is 1. The summed E-state index contributed by atoms with van der Waals surface area (Å²) in [7, 11) is 0. The van der Waals surface area contributed by atoms with E-state index in [1.807, 2.05) is 24.3 Å². The fraction of sp³-hybridized carbons (Fsp3) is 0.400. The number of hydrogen-bond acceptors (Lipinski definition) is 4. The lowest BCUT2D eigenvalue weighted by molar-refractivity contribution is -0.125. The van der Waals surface area contributed by atoms with Crippen molar-refractivity contribution >= 4 is 21.8 Å². The number of nitrogens with zero attached hydrogens (tertiary/aromatic N) is 2. The van der Waals surface area contributed by atoms with Gasteiger partial charge in [-0.3, -0.25) is 9.89 Å². The molecular formula is C15H18BrN5O. The minimum absolute atomic E-state index is 0.100. The first kappa shape index (κ1) is 15.2. The smallest absolute Gasteiger partial charge is 0.223 e. The summed E-state index contributed by atoms with van der Waals surface area (Å²) in [4.78, 5) is 16.5. The maximum atomic E-state index is 12.1. The van der Waals surface area contributed by atoms with Crippen molar-refractivity contribution in [3.63, 3.8) is 0 Å². The quantitative estimate of drug-likeness (QED) is 0.773. The molecule has 2 aromatic rings. The molecule has 3 N–H and O–H groups in total. The Morgan fingerprint density at radius 3 is 2.73 bits per heavy atom. The molecule has 0 atom stereocenters. The Morgan fingerprint density at radius 1 is 1.27 bits per heavy atom. The number of benzene rings is 1. The van der Waals surface area contributed by atoms with Gasteiger partial charge in [-0.25, -0.2) is 4.98 Å². The zero-order chi connectivity index (χ0) is 15.4. The summed E-state index contributed by atoms with van der Waals surface area (Å²) >= 11 is 3.40. The molecule has 0 bridgehead atoms. The van der Waals surface area contributed by atoms with Gasteiger partial charge >= 0.3 is 0 Å². The van der Waals surface area contributed by atoms with E-state index in [1.165, 1.54) is 0 Å². The van der Waals surface area contributed by atoms with E-state index in [2.05, 4.69) is 41.7 Å². The molecule has 0 radical (unpaired) electrons. The Morgan fingerprint density at radius 2 is 2.00 bits per heavy atom. The second kappa shape index (κ2) is 7.02. The van der Waals surface area contributed by atoms with Crippen molar-refractivity contribution in [1.29, 1.82) is 0 Å². The van der Waals surface area contributed by atoms with E-state index in [4.69, 9.17) is 0 Å². The maximum absolute atomic E-state index is 12.1. The van der Waals surface area contributed by atoms with Crippen LogP contribution in [0.4, 0.5) is 0 Å². The Hall–Kier alpha value is -1.73. The second-order valence-electron chi connectivity index (χ2n) is 5.35. The summed E-state index contributed by atoms with van der Waals surface area (Å²) in [5, 5.41) is 13.3. The molecule has 1 aromatic heterocycles. The van der Waals surface area contributed by atoms with Crippen molar-refractivity contribution in [3.8, 4) is 11.4 Å². The van der Waals surface area contributed by atoms with E-state index >= 15 is 0 Å². The van der Waals surface area contributed by atoms with E-state index in [9.17, 15) is 4.79 Å². The Kier molecular flexibility index (Phi) is 4.84. The first-order chi connectivity index (χ1) is 10.7. The summed E-state index contributed by atoms with van der Waals surface area (Å²) in [6.07, 6.45) is 1.79. The first-order valence-electron chi connectivity index (χ1n) is 7.38. The molecule has 6 nitrogen and oxygen atoms in total. The van der Waals surface area contributed by atoms with Gasteiger partial charge in [0, 0.05) is 16.0 Å². The van der Waals surface area contributed by atoms with E-state index in [0.29, 0.717) is 18.2 Å². The van der Waals surface area contributed by atoms with Crippen LogP contribution in [0.3, 0.4) is 0 Å². The fourth-order valence-corrected chi connectivity index (χ4v) is 2.77. The zero-order valence-electron chi connectivity index (χ0n) is 12.1. The van der Waals surface area contributed by atoms with Crippen LogP contribution in [-0.2, 0) is 11.3 Å². The molecule has 3 rings (SSSR count). The predicted molar refractivity (Wildman–Crippen MR) is 87.0 cm³/mol. The van der Waals surface area contributed by atoms with Crippen LogP contribution in [0.25, 0.3) is 11.4 Å². The second-order valence-corrected chi connectivity index (χ2v) is 6.27. The molecule has 0 spiro atoms. The number of H-pyrrole nitrogens is 1. The molecule has 1 aliphatic heterocycles. The number of piperidine rings is 1. The van der Waals surface area contributed by atoms with Crippen molar-refractivity contribution in [2.24, 2.45) is 5.92 Å². The van der Waals surface area contributed by atoms with Crippen molar-refractivity contribution in [2.45, 2.75) is 19.4 Å². The highest BCUT2D eigenvalue weighted by atomic mass is 79.9. The van der Waals surface area contributed by atoms with Gasteiger partial charge in [0.05, 0.1) is 6.54 Å². The molecule has 1 saturated heterocycles. The number of carbonyl (C=O) groups excluding carboxylic acids is 1. The molecule has 0 unspecified atom stereocenters. The number of carbonyl (C=O) groups is 1. The molecule has 1 aromatic carbocycles. The van der Waals surface area contributed by atoms with Crippen molar-refractivity contribution in [2.75, 3.05) is 13.1 Å². The summed E-state index contributed by atoms with van der Waals surface area (Å²) in [6, 6.07) is 7.80. The van der Waals surface area contributed by atoms with E-state index in [-0.39, 0.29) is 11.8 Å². The average molecular weight is 364 g/mol. The van der Waals surface area contributed by atoms with Gasteiger partial charge in [0.1, 0.15) is 5.82 Å². The number of aromatic amines is 1. The average Bonchev–Trinajstić information content (AvgIpc) is 3.03. The SMILES string of the molecule is O=C(NCc1nc(-c2ccc(Br)cc2)n[nH]1)C1CCNCC1. The number of nitrogens with one attached hydrogen (secondary N) is 3. The molecule has 116 valence electrons. The molecule has 22 heavy (non-hydrogen) atoms. The standard InChI is InChI=1S/C15H18BrN5O/c16-12-3-1-10(2-4-12)14-19-13(20-21-14)9-18-15(22)11-5-7-17-8-6-11/h1-4,11,17H,5-9H2,(H,18,22)(H,19,20,21). The molecule has 2 heterocycles. The molecule has 1 amide bonds. The van der Waals surface area contributed by atoms with Crippen LogP contribution < -0.4 is 10.6 Å². The van der Waals surface area contributed by atoms with E-state index in [0.717, 1.165) is 36.0 Å². The third kappa shape index (κ3) is 3.72. The summed E-state index contributed by atoms with van der Waals surface area (Å²) < 4.78 is 1.02. The van der Waals surface area contributed by atoms with Gasteiger partial charge in [-0.15, -0.1) is 0 Å². The Bertz CT molecular complexity index is 634. The Balaban J connectivity index is 1.57. The largest absolute Gasteiger partial charge is 0.349 e. The predicted octanol–water partition coefficient (Wildman–Crippen LogP) is 1.85. The summed E-state index contributed by atoms with van der Waals surface area (Å²) in [5.41, 5.74) is 0.940. The molecular weight excluding hydrogens is 346 g/mol. The normalized spacial score (nSPS) is 15.7. The van der Waals surface area contributed by atoms with Crippen LogP contribution in [0.5, 0.6) is 0 Å². The van der Waals surface area contributed by atoms with Gasteiger partial charge in [-0.2, -0.15) is 5.10 Å². The van der Waals surface area contributed by atoms with Gasteiger partial charge in [0.25, 0.3) is 0 Å². The lowest BCUT2D eigenvalue weighted by Crippen LogP contribution is -2.38. The van der Waals surface area contributed by atoms with Crippen molar-refractivity contribution in [1.82, 2.24) is 25.8 Å². The van der Waals surface area contributed by atoms with Gasteiger partial charge in [0.2, 0.25) is 5.91 Å². The topological polar surface area (TPSA) is 82.7 Å². The molecule has 1 fully saturated rings. The lowest BCUT2D eigenvalue weighted by Gasteiger charge is -2.21. The molecule has 1 aliphatic rings. The highest BCUT2D eigenvalue weighted by molar-refractivity contribution is 9.10. The molecule has 0 aliphatic carbocycles. The van der Waals surface area contributed by atoms with Crippen LogP contribution in [-0.4, -0.2) is 34.2 Å². The van der Waals surface area contributed by atoms with Crippen LogP contribution in [0.2, 0.25) is 0 Å². The van der Waals surface area contributed by atoms with Gasteiger partial charge in [-0.05, 0) is 38.1 Å². The zero-order valence-corrected chi connectivity index (χ0v) is 13.7. The van der Waals surface area contributed by atoms with Gasteiger partial charge < -0.3 is 10.6 Å². The summed E-state index contributed by atoms with van der Waals surface area (Å²) in [6.45, 7) is 2.20. The highest BCUT2D eigenvalue weighted by Crippen LogP contribution is 2.18. The number of aromatic nitrogens is 3. The minimum Gasteiger partial charge on any atom is -0.349 e. The Labute approximate surface area is 137 Å². The van der Waals surface area contributed by atoms with Gasteiger partial charge in [0.15, 0.2) is 5.82 Å². The van der Waals surface area contributed by atoms with Crippen LogP contribution in [0.15, 0.2) is 28.7 Å². The van der Waals surface area contributed by atoms with E-state index in [1.54, 1.807) is 0 Å². The molecule has 7 heteroatoms. The lowest BCUT2D eigenvalue weighted by atomic mass is 9.97. The number of amides is 1. The van der Waals surface area contributed by atoms with Crippen LogP contribution in [0.1, 0.15) is 18.7 Å². The first-order valence-corrected chi connectivity index (χ1v) is 8.17. The monoisotopic (exact) mass is 363 g/mol.